The monoisotopic (exact) mass is 445 g/mol. The van der Waals surface area contributed by atoms with E-state index < -0.39 is 0 Å². The lowest BCUT2D eigenvalue weighted by Crippen LogP contribution is -2.37. The number of nitrogens with one attached hydrogen (secondary N) is 3. The summed E-state index contributed by atoms with van der Waals surface area (Å²) in [6, 6.07) is 12.6. The summed E-state index contributed by atoms with van der Waals surface area (Å²) in [5.41, 5.74) is 3.78. The second kappa shape index (κ2) is 13.0. The molecule has 0 atom stereocenters. The van der Waals surface area contributed by atoms with Crippen LogP contribution in [0.1, 0.15) is 23.6 Å². The molecule has 31 heavy (non-hydrogen) atoms. The van der Waals surface area contributed by atoms with E-state index in [1.165, 1.54) is 6.07 Å². The average Bonchev–Trinajstić information content (AvgIpc) is 2.71. The van der Waals surface area contributed by atoms with Crippen molar-refractivity contribution in [2.75, 3.05) is 38.8 Å². The number of anilines is 1. The normalized spacial score (nSPS) is 11.5. The van der Waals surface area contributed by atoms with Gasteiger partial charge in [-0.2, -0.15) is 11.8 Å². The lowest BCUT2D eigenvalue weighted by molar-refractivity contribution is -0.116. The number of hydrogen-bond donors (Lipinski definition) is 3. The summed E-state index contributed by atoms with van der Waals surface area (Å²) in [6.45, 7) is 4.10. The molecule has 2 aromatic carbocycles. The van der Waals surface area contributed by atoms with Crippen molar-refractivity contribution < 1.29 is 9.18 Å². The number of amides is 1. The third kappa shape index (κ3) is 8.98. The van der Waals surface area contributed by atoms with Gasteiger partial charge in [0.05, 0.1) is 13.1 Å². The van der Waals surface area contributed by atoms with Crippen molar-refractivity contribution >= 4 is 29.3 Å². The summed E-state index contributed by atoms with van der Waals surface area (Å²) >= 11 is 1.67. The number of hydrogen-bond acceptors (Lipinski definition) is 4. The van der Waals surface area contributed by atoms with Gasteiger partial charge in [0.1, 0.15) is 5.82 Å². The average molecular weight is 446 g/mol. The van der Waals surface area contributed by atoms with Crippen LogP contribution in [0.4, 0.5) is 10.1 Å². The standard InChI is InChI=1S/C23H32FN5OS/c1-5-25-23(27-14-18-9-10-20(24)12-19(18)16-31-4)26-13-17-7-6-8-21(11-17)28-22(30)15-29(2)3/h6-12H,5,13-16H2,1-4H3,(H,28,30)(H2,25,26,27). The summed E-state index contributed by atoms with van der Waals surface area (Å²) in [4.78, 5) is 18.5. The van der Waals surface area contributed by atoms with Gasteiger partial charge in [-0.1, -0.05) is 18.2 Å². The van der Waals surface area contributed by atoms with Crippen LogP contribution in [0, 0.1) is 5.82 Å². The van der Waals surface area contributed by atoms with Crippen molar-refractivity contribution in [2.24, 2.45) is 4.99 Å². The number of carbonyl (C=O) groups excluding carboxylic acids is 1. The third-order valence-corrected chi connectivity index (χ3v) is 4.95. The molecule has 6 nitrogen and oxygen atoms in total. The molecule has 0 fully saturated rings. The highest BCUT2D eigenvalue weighted by Crippen LogP contribution is 2.17. The number of aliphatic imine (C=N–C) groups is 1. The maximum Gasteiger partial charge on any atom is 0.238 e. The molecule has 168 valence electrons. The zero-order valence-electron chi connectivity index (χ0n) is 18.7. The summed E-state index contributed by atoms with van der Waals surface area (Å²) < 4.78 is 13.6. The predicted octanol–water partition coefficient (Wildman–Crippen LogP) is 3.44. The number of rotatable bonds is 10. The molecule has 0 bridgehead atoms. The predicted molar refractivity (Wildman–Crippen MR) is 129 cm³/mol. The maximum atomic E-state index is 13.6. The quantitative estimate of drug-likeness (QED) is 0.386. The molecule has 0 aromatic heterocycles. The highest BCUT2D eigenvalue weighted by molar-refractivity contribution is 7.97. The van der Waals surface area contributed by atoms with Crippen molar-refractivity contribution in [1.29, 1.82) is 0 Å². The molecule has 0 aliphatic heterocycles. The Hall–Kier alpha value is -2.58. The summed E-state index contributed by atoms with van der Waals surface area (Å²) in [5.74, 6) is 1.17. The molecule has 0 saturated heterocycles. The van der Waals surface area contributed by atoms with Crippen LogP contribution in [-0.4, -0.2) is 50.2 Å². The van der Waals surface area contributed by atoms with Crippen LogP contribution in [0.2, 0.25) is 0 Å². The van der Waals surface area contributed by atoms with Crippen LogP contribution >= 0.6 is 11.8 Å². The highest BCUT2D eigenvalue weighted by atomic mass is 32.2. The van der Waals surface area contributed by atoms with E-state index in [4.69, 9.17) is 0 Å². The molecule has 0 aliphatic carbocycles. The molecule has 0 heterocycles. The van der Waals surface area contributed by atoms with Gasteiger partial charge in [0.25, 0.3) is 0 Å². The molecule has 0 aliphatic rings. The second-order valence-corrected chi connectivity index (χ2v) is 8.25. The van der Waals surface area contributed by atoms with Crippen molar-refractivity contribution in [3.8, 4) is 0 Å². The fraction of sp³-hybridized carbons (Fsp3) is 0.391. The Bertz CT molecular complexity index is 888. The van der Waals surface area contributed by atoms with Crippen LogP contribution in [0.25, 0.3) is 0 Å². The first-order valence-corrected chi connectivity index (χ1v) is 11.6. The molecule has 0 spiro atoms. The number of carbonyl (C=O) groups is 1. The number of likely N-dealkylation sites (N-methyl/N-ethyl adjacent to an activating group) is 1. The molecular weight excluding hydrogens is 413 g/mol. The van der Waals surface area contributed by atoms with Crippen molar-refractivity contribution in [2.45, 2.75) is 25.8 Å². The van der Waals surface area contributed by atoms with Gasteiger partial charge in [0, 0.05) is 24.5 Å². The van der Waals surface area contributed by atoms with Gasteiger partial charge in [-0.25, -0.2) is 9.38 Å². The van der Waals surface area contributed by atoms with Crippen LogP contribution in [0.15, 0.2) is 47.5 Å². The SMILES string of the molecule is CCNC(=NCc1cccc(NC(=O)CN(C)C)c1)NCc1ccc(F)cc1CSC. The lowest BCUT2D eigenvalue weighted by atomic mass is 10.1. The van der Waals surface area contributed by atoms with E-state index in [0.717, 1.165) is 34.7 Å². The number of thioether (sulfide) groups is 1. The Morgan fingerprint density at radius 2 is 1.94 bits per heavy atom. The molecular formula is C23H32FN5OS. The van der Waals surface area contributed by atoms with Crippen LogP contribution in [0.3, 0.4) is 0 Å². The Morgan fingerprint density at radius 3 is 2.65 bits per heavy atom. The van der Waals surface area contributed by atoms with E-state index in [1.54, 1.807) is 17.8 Å². The van der Waals surface area contributed by atoms with E-state index >= 15 is 0 Å². The van der Waals surface area contributed by atoms with Crippen LogP contribution < -0.4 is 16.0 Å². The molecule has 1 amide bonds. The van der Waals surface area contributed by atoms with Gasteiger partial charge in [-0.3, -0.25) is 4.79 Å². The van der Waals surface area contributed by atoms with Gasteiger partial charge >= 0.3 is 0 Å². The molecule has 0 saturated carbocycles. The lowest BCUT2D eigenvalue weighted by Gasteiger charge is -2.14. The van der Waals surface area contributed by atoms with E-state index in [1.807, 2.05) is 62.5 Å². The van der Waals surface area contributed by atoms with Crippen molar-refractivity contribution in [1.82, 2.24) is 15.5 Å². The molecule has 8 heteroatoms. The fourth-order valence-electron chi connectivity index (χ4n) is 2.98. The number of halogens is 1. The Morgan fingerprint density at radius 1 is 1.13 bits per heavy atom. The smallest absolute Gasteiger partial charge is 0.238 e. The Balaban J connectivity index is 2.03. The molecule has 2 aromatic rings. The zero-order valence-corrected chi connectivity index (χ0v) is 19.5. The zero-order chi connectivity index (χ0) is 22.6. The second-order valence-electron chi connectivity index (χ2n) is 7.38. The van der Waals surface area contributed by atoms with E-state index in [0.29, 0.717) is 25.6 Å². The van der Waals surface area contributed by atoms with Gasteiger partial charge in [-0.05, 0) is 68.2 Å². The van der Waals surface area contributed by atoms with E-state index in [2.05, 4.69) is 20.9 Å². The third-order valence-electron chi connectivity index (χ3n) is 4.35. The molecule has 0 radical (unpaired) electrons. The first-order valence-electron chi connectivity index (χ1n) is 10.2. The molecule has 0 unspecified atom stereocenters. The summed E-state index contributed by atoms with van der Waals surface area (Å²) in [7, 11) is 3.71. The first-order chi connectivity index (χ1) is 14.9. The van der Waals surface area contributed by atoms with Gasteiger partial charge < -0.3 is 20.9 Å². The highest BCUT2D eigenvalue weighted by Gasteiger charge is 2.07. The van der Waals surface area contributed by atoms with Gasteiger partial charge in [0.2, 0.25) is 5.91 Å². The Kier molecular flexibility index (Phi) is 10.3. The van der Waals surface area contributed by atoms with Crippen LogP contribution in [-0.2, 0) is 23.6 Å². The fourth-order valence-corrected chi connectivity index (χ4v) is 3.56. The molecule has 3 N–H and O–H groups in total. The van der Waals surface area contributed by atoms with E-state index in [-0.39, 0.29) is 11.7 Å². The first kappa shape index (κ1) is 24.7. The Labute approximate surface area is 188 Å². The van der Waals surface area contributed by atoms with Gasteiger partial charge in [0.15, 0.2) is 5.96 Å². The largest absolute Gasteiger partial charge is 0.357 e. The van der Waals surface area contributed by atoms with Gasteiger partial charge in [-0.15, -0.1) is 0 Å². The van der Waals surface area contributed by atoms with E-state index in [9.17, 15) is 9.18 Å². The minimum absolute atomic E-state index is 0.0546. The van der Waals surface area contributed by atoms with Crippen LogP contribution in [0.5, 0.6) is 0 Å². The number of benzene rings is 2. The topological polar surface area (TPSA) is 68.8 Å². The molecule has 2 rings (SSSR count). The van der Waals surface area contributed by atoms with Crippen molar-refractivity contribution in [3.63, 3.8) is 0 Å². The minimum Gasteiger partial charge on any atom is -0.357 e. The number of nitrogens with zero attached hydrogens (tertiary/aromatic N) is 2. The summed E-state index contributed by atoms with van der Waals surface area (Å²) in [5, 5.41) is 9.47. The summed E-state index contributed by atoms with van der Waals surface area (Å²) in [6.07, 6.45) is 2.00. The minimum atomic E-state index is -0.217. The number of guanidine groups is 1. The van der Waals surface area contributed by atoms with Crippen molar-refractivity contribution in [3.05, 3.63) is 65.0 Å². The maximum absolute atomic E-state index is 13.6.